The monoisotopic (exact) mass is 258 g/mol. The van der Waals surface area contributed by atoms with E-state index in [2.05, 4.69) is 41.1 Å². The third kappa shape index (κ3) is 4.21. The van der Waals surface area contributed by atoms with Crippen molar-refractivity contribution in [2.45, 2.75) is 25.9 Å². The van der Waals surface area contributed by atoms with Crippen LogP contribution in [0.3, 0.4) is 0 Å². The third-order valence-corrected chi connectivity index (χ3v) is 3.55. The number of likely N-dealkylation sites (tertiary alicyclic amines) is 1. The molecular formula is C16H22N2O. The van der Waals surface area contributed by atoms with E-state index in [1.165, 1.54) is 5.56 Å². The summed E-state index contributed by atoms with van der Waals surface area (Å²) in [4.78, 5) is 13.6. The van der Waals surface area contributed by atoms with Gasteiger partial charge < -0.3 is 5.32 Å². The highest BCUT2D eigenvalue weighted by Crippen LogP contribution is 2.19. The fraction of sp³-hybridized carbons (Fsp3) is 0.438. The van der Waals surface area contributed by atoms with E-state index < -0.39 is 0 Å². The van der Waals surface area contributed by atoms with Gasteiger partial charge >= 0.3 is 0 Å². The summed E-state index contributed by atoms with van der Waals surface area (Å²) < 4.78 is 0. The van der Waals surface area contributed by atoms with Crippen molar-refractivity contribution in [1.82, 2.24) is 10.2 Å². The Labute approximate surface area is 115 Å². The van der Waals surface area contributed by atoms with Gasteiger partial charge in [0.25, 0.3) is 0 Å². The lowest BCUT2D eigenvalue weighted by Crippen LogP contribution is -2.49. The Kier molecular flexibility index (Phi) is 4.74. The number of benzene rings is 1. The van der Waals surface area contributed by atoms with Crippen LogP contribution in [0.25, 0.3) is 0 Å². The summed E-state index contributed by atoms with van der Waals surface area (Å²) in [6.45, 7) is 8.35. The first-order valence-corrected chi connectivity index (χ1v) is 6.83. The predicted molar refractivity (Wildman–Crippen MR) is 77.6 cm³/mol. The molecule has 3 nitrogen and oxygen atoms in total. The average Bonchev–Trinajstić information content (AvgIpc) is 2.38. The molecule has 1 aromatic carbocycles. The quantitative estimate of drug-likeness (QED) is 0.840. The summed E-state index contributed by atoms with van der Waals surface area (Å²) in [7, 11) is 0. The number of nitrogens with zero attached hydrogens (tertiary/aromatic N) is 1. The number of hydrogen-bond acceptors (Lipinski definition) is 2. The Hall–Kier alpha value is -1.61. The molecule has 0 saturated carbocycles. The van der Waals surface area contributed by atoms with Crippen LogP contribution in [0.1, 0.15) is 18.9 Å². The topological polar surface area (TPSA) is 32.3 Å². The number of nitrogens with one attached hydrogen (secondary N) is 1. The fourth-order valence-corrected chi connectivity index (χ4v) is 2.77. The van der Waals surface area contributed by atoms with Gasteiger partial charge in [-0.15, -0.1) is 6.58 Å². The average molecular weight is 258 g/mol. The molecule has 0 aliphatic carbocycles. The Morgan fingerprint density at radius 1 is 1.42 bits per heavy atom. The SMILES string of the molecule is C=CC1CC(NC(C)=O)CN(Cc2ccccc2)C1. The van der Waals surface area contributed by atoms with Gasteiger partial charge in [-0.3, -0.25) is 9.69 Å². The molecule has 2 rings (SSSR count). The van der Waals surface area contributed by atoms with Crippen molar-refractivity contribution >= 4 is 5.91 Å². The van der Waals surface area contributed by atoms with E-state index in [1.54, 1.807) is 6.92 Å². The highest BCUT2D eigenvalue weighted by Gasteiger charge is 2.25. The lowest BCUT2D eigenvalue weighted by Gasteiger charge is -2.37. The van der Waals surface area contributed by atoms with Crippen LogP contribution in [0, 0.1) is 5.92 Å². The van der Waals surface area contributed by atoms with Gasteiger partial charge in [0, 0.05) is 32.6 Å². The second kappa shape index (κ2) is 6.53. The predicted octanol–water partition coefficient (Wildman–Crippen LogP) is 2.20. The summed E-state index contributed by atoms with van der Waals surface area (Å²) >= 11 is 0. The zero-order valence-corrected chi connectivity index (χ0v) is 11.5. The normalized spacial score (nSPS) is 23.8. The standard InChI is InChI=1S/C16H22N2O/c1-3-14-9-16(17-13(2)19)12-18(10-14)11-15-7-5-4-6-8-15/h3-8,14,16H,1,9-12H2,2H3,(H,17,19). The summed E-state index contributed by atoms with van der Waals surface area (Å²) in [6, 6.07) is 10.7. The molecule has 1 fully saturated rings. The molecule has 19 heavy (non-hydrogen) atoms. The fourth-order valence-electron chi connectivity index (χ4n) is 2.77. The van der Waals surface area contributed by atoms with E-state index >= 15 is 0 Å². The van der Waals surface area contributed by atoms with Gasteiger partial charge in [0.2, 0.25) is 5.91 Å². The second-order valence-electron chi connectivity index (χ2n) is 5.31. The summed E-state index contributed by atoms with van der Waals surface area (Å²) in [6.07, 6.45) is 3.00. The molecule has 1 aliphatic heterocycles. The van der Waals surface area contributed by atoms with Gasteiger partial charge in [-0.25, -0.2) is 0 Å². The maximum atomic E-state index is 11.2. The molecule has 1 N–H and O–H groups in total. The number of carbonyl (C=O) groups excluding carboxylic acids is 1. The first-order chi connectivity index (χ1) is 9.17. The van der Waals surface area contributed by atoms with Crippen LogP contribution >= 0.6 is 0 Å². The zero-order valence-electron chi connectivity index (χ0n) is 11.5. The minimum atomic E-state index is 0.0503. The van der Waals surface area contributed by atoms with Crippen molar-refractivity contribution in [3.05, 3.63) is 48.6 Å². The maximum absolute atomic E-state index is 11.2. The van der Waals surface area contributed by atoms with Crippen molar-refractivity contribution < 1.29 is 4.79 Å². The van der Waals surface area contributed by atoms with Crippen molar-refractivity contribution in [3.8, 4) is 0 Å². The largest absolute Gasteiger partial charge is 0.352 e. The second-order valence-corrected chi connectivity index (χ2v) is 5.31. The van der Waals surface area contributed by atoms with Gasteiger partial charge in [-0.05, 0) is 17.9 Å². The molecule has 1 aromatic rings. The summed E-state index contributed by atoms with van der Waals surface area (Å²) in [5.41, 5.74) is 1.31. The molecule has 1 amide bonds. The first kappa shape index (κ1) is 13.8. The van der Waals surface area contributed by atoms with E-state index in [0.29, 0.717) is 5.92 Å². The molecule has 0 aromatic heterocycles. The third-order valence-electron chi connectivity index (χ3n) is 3.55. The number of hydrogen-bond donors (Lipinski definition) is 1. The van der Waals surface area contributed by atoms with E-state index in [0.717, 1.165) is 26.1 Å². The van der Waals surface area contributed by atoms with Gasteiger partial charge in [0.1, 0.15) is 0 Å². The van der Waals surface area contributed by atoms with Crippen molar-refractivity contribution in [1.29, 1.82) is 0 Å². The number of piperidine rings is 1. The Morgan fingerprint density at radius 2 is 2.16 bits per heavy atom. The molecule has 2 unspecified atom stereocenters. The van der Waals surface area contributed by atoms with Crippen LogP contribution in [0.2, 0.25) is 0 Å². The van der Waals surface area contributed by atoms with Crippen LogP contribution in [0.5, 0.6) is 0 Å². The van der Waals surface area contributed by atoms with Gasteiger partial charge in [0.05, 0.1) is 0 Å². The van der Waals surface area contributed by atoms with Crippen molar-refractivity contribution in [2.75, 3.05) is 13.1 Å². The number of amides is 1. The highest BCUT2D eigenvalue weighted by molar-refractivity contribution is 5.73. The van der Waals surface area contributed by atoms with Crippen molar-refractivity contribution in [3.63, 3.8) is 0 Å². The van der Waals surface area contributed by atoms with Crippen molar-refractivity contribution in [2.24, 2.45) is 5.92 Å². The first-order valence-electron chi connectivity index (χ1n) is 6.83. The van der Waals surface area contributed by atoms with E-state index in [1.807, 2.05) is 12.1 Å². The van der Waals surface area contributed by atoms with Gasteiger partial charge in [0.15, 0.2) is 0 Å². The lowest BCUT2D eigenvalue weighted by molar-refractivity contribution is -0.120. The van der Waals surface area contributed by atoms with Crippen LogP contribution < -0.4 is 5.32 Å². The lowest BCUT2D eigenvalue weighted by atomic mass is 9.94. The Bertz CT molecular complexity index is 430. The zero-order chi connectivity index (χ0) is 13.7. The van der Waals surface area contributed by atoms with Crippen LogP contribution in [0.15, 0.2) is 43.0 Å². The summed E-state index contributed by atoms with van der Waals surface area (Å²) in [5, 5.41) is 3.03. The van der Waals surface area contributed by atoms with E-state index in [4.69, 9.17) is 0 Å². The molecular weight excluding hydrogens is 236 g/mol. The highest BCUT2D eigenvalue weighted by atomic mass is 16.1. The molecule has 1 heterocycles. The molecule has 1 aliphatic rings. The maximum Gasteiger partial charge on any atom is 0.217 e. The molecule has 0 spiro atoms. The molecule has 0 radical (unpaired) electrons. The van der Waals surface area contributed by atoms with E-state index in [9.17, 15) is 4.79 Å². The van der Waals surface area contributed by atoms with Gasteiger partial charge in [-0.1, -0.05) is 36.4 Å². The van der Waals surface area contributed by atoms with Crippen LogP contribution in [0.4, 0.5) is 0 Å². The number of rotatable bonds is 4. The molecule has 2 atom stereocenters. The van der Waals surface area contributed by atoms with Crippen LogP contribution in [-0.2, 0) is 11.3 Å². The Balaban J connectivity index is 1.99. The Morgan fingerprint density at radius 3 is 2.79 bits per heavy atom. The molecule has 1 saturated heterocycles. The summed E-state index contributed by atoms with van der Waals surface area (Å²) in [5.74, 6) is 0.503. The molecule has 0 bridgehead atoms. The smallest absolute Gasteiger partial charge is 0.217 e. The van der Waals surface area contributed by atoms with E-state index in [-0.39, 0.29) is 11.9 Å². The minimum absolute atomic E-state index is 0.0503. The minimum Gasteiger partial charge on any atom is -0.352 e. The van der Waals surface area contributed by atoms with Crippen LogP contribution in [-0.4, -0.2) is 29.9 Å². The number of carbonyl (C=O) groups is 1. The van der Waals surface area contributed by atoms with Gasteiger partial charge in [-0.2, -0.15) is 0 Å². The molecule has 3 heteroatoms. The molecule has 102 valence electrons.